The number of hydrogen-bond donors (Lipinski definition) is 4. The molecular weight excluding hydrogens is 244 g/mol. The topological polar surface area (TPSA) is 104 Å². The number of aliphatic hydroxyl groups is 1. The number of carbonyl (C=O) groups excluding carboxylic acids is 1. The maximum absolute atomic E-state index is 12.0. The minimum absolute atomic E-state index is 0.212. The highest BCUT2D eigenvalue weighted by Gasteiger charge is 2.31. The fourth-order valence-electron chi connectivity index (χ4n) is 2.05. The molecule has 0 unspecified atom stereocenters. The van der Waals surface area contributed by atoms with E-state index in [9.17, 15) is 9.90 Å². The largest absolute Gasteiger partial charge is 0.395 e. The maximum atomic E-state index is 12.0. The van der Waals surface area contributed by atoms with Crippen LogP contribution in [0.2, 0.25) is 0 Å². The third kappa shape index (κ3) is 2.89. The SMILES string of the molecule is CCC(O)(CC)CNC(=O)c1n[nH]c(C2CC2)c1N. The molecule has 0 aliphatic heterocycles. The predicted octanol–water partition coefficient (Wildman–Crippen LogP) is 1.15. The van der Waals surface area contributed by atoms with Gasteiger partial charge in [-0.05, 0) is 25.7 Å². The highest BCUT2D eigenvalue weighted by atomic mass is 16.3. The highest BCUT2D eigenvalue weighted by Crippen LogP contribution is 2.42. The van der Waals surface area contributed by atoms with Crippen molar-refractivity contribution in [3.63, 3.8) is 0 Å². The van der Waals surface area contributed by atoms with E-state index >= 15 is 0 Å². The molecule has 0 saturated heterocycles. The molecule has 106 valence electrons. The fourth-order valence-corrected chi connectivity index (χ4v) is 2.05. The van der Waals surface area contributed by atoms with Gasteiger partial charge < -0.3 is 16.2 Å². The van der Waals surface area contributed by atoms with E-state index in [0.29, 0.717) is 24.4 Å². The van der Waals surface area contributed by atoms with E-state index in [-0.39, 0.29) is 18.1 Å². The zero-order chi connectivity index (χ0) is 14.0. The Morgan fingerprint density at radius 3 is 2.68 bits per heavy atom. The van der Waals surface area contributed by atoms with Crippen molar-refractivity contribution in [2.75, 3.05) is 12.3 Å². The van der Waals surface area contributed by atoms with Gasteiger partial charge in [0.2, 0.25) is 0 Å². The molecule has 0 radical (unpaired) electrons. The Labute approximate surface area is 112 Å². The lowest BCUT2D eigenvalue weighted by Crippen LogP contribution is -2.42. The first-order valence-electron chi connectivity index (χ1n) is 6.85. The highest BCUT2D eigenvalue weighted by molar-refractivity contribution is 5.97. The van der Waals surface area contributed by atoms with Crippen LogP contribution in [0, 0.1) is 0 Å². The molecule has 0 atom stereocenters. The summed E-state index contributed by atoms with van der Waals surface area (Å²) in [5.74, 6) is 0.0956. The number of amides is 1. The number of carbonyl (C=O) groups is 1. The molecule has 6 heteroatoms. The Hall–Kier alpha value is -1.56. The van der Waals surface area contributed by atoms with Crippen molar-refractivity contribution in [1.82, 2.24) is 15.5 Å². The number of nitrogens with one attached hydrogen (secondary N) is 2. The average molecular weight is 266 g/mol. The third-order valence-corrected chi connectivity index (χ3v) is 3.93. The Morgan fingerprint density at radius 1 is 1.53 bits per heavy atom. The zero-order valence-electron chi connectivity index (χ0n) is 11.5. The number of hydrogen-bond acceptors (Lipinski definition) is 4. The first-order chi connectivity index (χ1) is 9.00. The molecule has 2 rings (SSSR count). The van der Waals surface area contributed by atoms with E-state index in [1.807, 2.05) is 13.8 Å². The van der Waals surface area contributed by atoms with Crippen LogP contribution in [0.3, 0.4) is 0 Å². The Balaban J connectivity index is 2.00. The number of nitrogen functional groups attached to an aromatic ring is 1. The molecule has 6 nitrogen and oxygen atoms in total. The van der Waals surface area contributed by atoms with Crippen LogP contribution in [0.15, 0.2) is 0 Å². The Morgan fingerprint density at radius 2 is 2.16 bits per heavy atom. The number of rotatable bonds is 6. The summed E-state index contributed by atoms with van der Waals surface area (Å²) in [5.41, 5.74) is 6.61. The molecule has 0 aromatic carbocycles. The number of nitrogens with zero attached hydrogens (tertiary/aromatic N) is 1. The monoisotopic (exact) mass is 266 g/mol. The molecule has 1 amide bonds. The summed E-state index contributed by atoms with van der Waals surface area (Å²) in [4.78, 5) is 12.0. The van der Waals surface area contributed by atoms with Gasteiger partial charge in [-0.25, -0.2) is 0 Å². The second kappa shape index (κ2) is 5.21. The summed E-state index contributed by atoms with van der Waals surface area (Å²) >= 11 is 0. The zero-order valence-corrected chi connectivity index (χ0v) is 11.5. The molecule has 1 aliphatic rings. The van der Waals surface area contributed by atoms with Crippen molar-refractivity contribution in [2.45, 2.75) is 51.0 Å². The lowest BCUT2D eigenvalue weighted by Gasteiger charge is -2.25. The number of nitrogens with two attached hydrogens (primary N) is 1. The number of H-pyrrole nitrogens is 1. The van der Waals surface area contributed by atoms with Gasteiger partial charge in [-0.1, -0.05) is 13.8 Å². The number of aromatic nitrogens is 2. The second-order valence-electron chi connectivity index (χ2n) is 5.29. The van der Waals surface area contributed by atoms with E-state index in [1.54, 1.807) is 0 Å². The minimum Gasteiger partial charge on any atom is -0.395 e. The number of anilines is 1. The Bertz CT molecular complexity index is 461. The first-order valence-corrected chi connectivity index (χ1v) is 6.85. The summed E-state index contributed by atoms with van der Waals surface area (Å²) in [6.07, 6.45) is 3.37. The van der Waals surface area contributed by atoms with Crippen molar-refractivity contribution in [3.8, 4) is 0 Å². The molecule has 1 aromatic heterocycles. The second-order valence-corrected chi connectivity index (χ2v) is 5.29. The van der Waals surface area contributed by atoms with Crippen LogP contribution in [0.25, 0.3) is 0 Å². The molecule has 1 heterocycles. The van der Waals surface area contributed by atoms with Crippen LogP contribution in [-0.2, 0) is 0 Å². The van der Waals surface area contributed by atoms with Crippen LogP contribution < -0.4 is 11.1 Å². The quantitative estimate of drug-likeness (QED) is 0.620. The van der Waals surface area contributed by atoms with Gasteiger partial charge in [0.25, 0.3) is 5.91 Å². The summed E-state index contributed by atoms with van der Waals surface area (Å²) in [6.45, 7) is 4.00. The average Bonchev–Trinajstić information content (AvgIpc) is 3.19. The maximum Gasteiger partial charge on any atom is 0.274 e. The van der Waals surface area contributed by atoms with Gasteiger partial charge >= 0.3 is 0 Å². The van der Waals surface area contributed by atoms with Crippen LogP contribution in [0.1, 0.15) is 61.6 Å². The molecule has 19 heavy (non-hydrogen) atoms. The smallest absolute Gasteiger partial charge is 0.274 e. The van der Waals surface area contributed by atoms with Crippen molar-refractivity contribution in [2.24, 2.45) is 0 Å². The van der Waals surface area contributed by atoms with Crippen molar-refractivity contribution >= 4 is 11.6 Å². The summed E-state index contributed by atoms with van der Waals surface area (Å²) < 4.78 is 0. The van der Waals surface area contributed by atoms with Gasteiger partial charge in [-0.3, -0.25) is 9.89 Å². The van der Waals surface area contributed by atoms with E-state index in [0.717, 1.165) is 18.5 Å². The third-order valence-electron chi connectivity index (χ3n) is 3.93. The molecule has 1 fully saturated rings. The standard InChI is InChI=1S/C13H22N4O2/c1-3-13(19,4-2)7-15-12(18)11-9(14)10(16-17-11)8-5-6-8/h8,19H,3-7,14H2,1-2H3,(H,15,18)(H,16,17). The molecule has 1 aromatic rings. The van der Waals surface area contributed by atoms with Gasteiger partial charge in [0.15, 0.2) is 5.69 Å². The van der Waals surface area contributed by atoms with E-state index < -0.39 is 5.60 Å². The molecule has 1 aliphatic carbocycles. The van der Waals surface area contributed by atoms with Gasteiger partial charge in [0.05, 0.1) is 17.0 Å². The van der Waals surface area contributed by atoms with Gasteiger partial charge in [0.1, 0.15) is 0 Å². The summed E-state index contributed by atoms with van der Waals surface area (Å²) in [6, 6.07) is 0. The first kappa shape index (κ1) is 13.9. The van der Waals surface area contributed by atoms with Gasteiger partial charge in [-0.15, -0.1) is 0 Å². The fraction of sp³-hybridized carbons (Fsp3) is 0.692. The molecule has 0 bridgehead atoms. The molecular formula is C13H22N4O2. The van der Waals surface area contributed by atoms with E-state index in [1.165, 1.54) is 0 Å². The summed E-state index contributed by atoms with van der Waals surface area (Å²) in [5, 5.41) is 19.7. The summed E-state index contributed by atoms with van der Waals surface area (Å²) in [7, 11) is 0. The van der Waals surface area contributed by atoms with Crippen LogP contribution in [0.4, 0.5) is 5.69 Å². The van der Waals surface area contributed by atoms with Crippen molar-refractivity contribution in [3.05, 3.63) is 11.4 Å². The number of aromatic amines is 1. The lowest BCUT2D eigenvalue weighted by atomic mass is 9.97. The normalized spacial score (nSPS) is 15.5. The Kier molecular flexibility index (Phi) is 3.80. The van der Waals surface area contributed by atoms with Crippen LogP contribution in [0.5, 0.6) is 0 Å². The van der Waals surface area contributed by atoms with Crippen LogP contribution in [-0.4, -0.2) is 33.4 Å². The molecule has 0 spiro atoms. The van der Waals surface area contributed by atoms with Gasteiger partial charge in [-0.2, -0.15) is 5.10 Å². The van der Waals surface area contributed by atoms with E-state index in [4.69, 9.17) is 5.73 Å². The van der Waals surface area contributed by atoms with E-state index in [2.05, 4.69) is 15.5 Å². The molecule has 1 saturated carbocycles. The lowest BCUT2D eigenvalue weighted by molar-refractivity contribution is 0.0313. The van der Waals surface area contributed by atoms with Crippen LogP contribution >= 0.6 is 0 Å². The van der Waals surface area contributed by atoms with Gasteiger partial charge in [0, 0.05) is 12.5 Å². The van der Waals surface area contributed by atoms with Crippen molar-refractivity contribution in [1.29, 1.82) is 0 Å². The minimum atomic E-state index is -0.861. The molecule has 5 N–H and O–H groups in total. The van der Waals surface area contributed by atoms with Crippen molar-refractivity contribution < 1.29 is 9.90 Å². The predicted molar refractivity (Wildman–Crippen MR) is 72.8 cm³/mol.